The molecule has 1 aliphatic heterocycles. The number of likely N-dealkylation sites (tertiary alicyclic amines) is 1. The van der Waals surface area contributed by atoms with E-state index in [2.05, 4.69) is 17.1 Å². The number of benzene rings is 1. The van der Waals surface area contributed by atoms with Gasteiger partial charge in [-0.1, -0.05) is 98.6 Å². The number of carbonyl (C=O) groups is 5. The van der Waals surface area contributed by atoms with Crippen LogP contribution in [0.4, 0.5) is 0 Å². The summed E-state index contributed by atoms with van der Waals surface area (Å²) in [6.07, 6.45) is 2.93. The van der Waals surface area contributed by atoms with Crippen LogP contribution in [-0.2, 0) is 39.9 Å². The Morgan fingerprint density at radius 2 is 1.57 bits per heavy atom. The van der Waals surface area contributed by atoms with Crippen molar-refractivity contribution in [2.24, 2.45) is 29.6 Å². The standard InChI is InChI=1S/C44H74N4O8/c1-13-15-23-46(9)39(29(5)6)42(51)45-38(28(3)4)43(52)47(10)40(30(7)14-2)36(55-11)27-37(50)48-24-19-22-34(48)41(56-12)31(8)35(49)26-33(44(53)54)25-32-20-17-16-18-21-32/h16-18,20-21,28-31,33-34,36,38-41H,13-15,19,22-27H2,1-12H3,(H,45,51)(H,53,54)/t30-,31-,33+,34-,36+,38-,39-,40-,41+/m0/s1. The largest absolute Gasteiger partial charge is 0.481 e. The normalized spacial score (nSPS) is 18.9. The molecule has 0 aromatic heterocycles. The van der Waals surface area contributed by atoms with Gasteiger partial charge in [0.2, 0.25) is 17.7 Å². The van der Waals surface area contributed by atoms with Crippen molar-refractivity contribution >= 4 is 29.5 Å². The summed E-state index contributed by atoms with van der Waals surface area (Å²) in [6.45, 7) is 17.1. The first-order chi connectivity index (χ1) is 26.4. The maximum Gasteiger partial charge on any atom is 0.307 e. The van der Waals surface area contributed by atoms with Crippen molar-refractivity contribution in [1.29, 1.82) is 0 Å². The fourth-order valence-corrected chi connectivity index (χ4v) is 8.44. The molecule has 1 aromatic rings. The Labute approximate surface area is 337 Å². The molecule has 3 amide bonds. The van der Waals surface area contributed by atoms with Gasteiger partial charge >= 0.3 is 5.97 Å². The lowest BCUT2D eigenvalue weighted by Gasteiger charge is -2.41. The first-order valence-corrected chi connectivity index (χ1v) is 20.9. The van der Waals surface area contributed by atoms with Crippen molar-refractivity contribution in [1.82, 2.24) is 20.0 Å². The highest BCUT2D eigenvalue weighted by Gasteiger charge is 2.43. The minimum absolute atomic E-state index is 0.00685. The van der Waals surface area contributed by atoms with Crippen LogP contribution in [0.2, 0.25) is 0 Å². The van der Waals surface area contributed by atoms with Gasteiger partial charge in [0, 0.05) is 40.2 Å². The van der Waals surface area contributed by atoms with Crippen LogP contribution < -0.4 is 5.32 Å². The topological polar surface area (TPSA) is 146 Å². The highest BCUT2D eigenvalue weighted by atomic mass is 16.5. The Morgan fingerprint density at radius 1 is 0.929 bits per heavy atom. The number of likely N-dealkylation sites (N-methyl/N-ethyl adjacent to an activating group) is 2. The predicted octanol–water partition coefficient (Wildman–Crippen LogP) is 5.71. The molecule has 0 saturated carbocycles. The van der Waals surface area contributed by atoms with E-state index in [4.69, 9.17) is 9.47 Å². The predicted molar refractivity (Wildman–Crippen MR) is 220 cm³/mol. The average Bonchev–Trinajstić information content (AvgIpc) is 3.65. The third kappa shape index (κ3) is 13.4. The van der Waals surface area contributed by atoms with Crippen molar-refractivity contribution in [2.75, 3.05) is 41.4 Å². The Balaban J connectivity index is 2.28. The lowest BCUT2D eigenvalue weighted by atomic mass is 9.85. The number of Topliss-reactive ketones (excluding diaryl/α,β-unsaturated/α-hetero) is 1. The van der Waals surface area contributed by atoms with E-state index in [-0.39, 0.29) is 72.6 Å². The summed E-state index contributed by atoms with van der Waals surface area (Å²) in [5.41, 5.74) is 0.849. The van der Waals surface area contributed by atoms with E-state index in [9.17, 15) is 29.1 Å². The molecule has 0 unspecified atom stereocenters. The van der Waals surface area contributed by atoms with Crippen molar-refractivity contribution < 1.29 is 38.6 Å². The van der Waals surface area contributed by atoms with Gasteiger partial charge in [0.1, 0.15) is 11.8 Å². The Kier molecular flexibility index (Phi) is 20.7. The number of hydrogen-bond acceptors (Lipinski definition) is 8. The molecule has 12 nitrogen and oxygen atoms in total. The number of carbonyl (C=O) groups excluding carboxylic acids is 4. The Hall–Kier alpha value is -3.35. The molecule has 0 aliphatic carbocycles. The molecule has 1 aliphatic rings. The van der Waals surface area contributed by atoms with E-state index in [1.165, 1.54) is 7.11 Å². The molecule has 0 bridgehead atoms. The van der Waals surface area contributed by atoms with Crippen molar-refractivity contribution in [3.63, 3.8) is 0 Å². The van der Waals surface area contributed by atoms with Gasteiger partial charge in [0.05, 0.1) is 42.7 Å². The third-order valence-corrected chi connectivity index (χ3v) is 11.9. The number of carboxylic acid groups (broad SMARTS) is 1. The maximum absolute atomic E-state index is 14.4. The first-order valence-electron chi connectivity index (χ1n) is 20.9. The summed E-state index contributed by atoms with van der Waals surface area (Å²) < 4.78 is 12.0. The molecular formula is C44H74N4O8. The lowest BCUT2D eigenvalue weighted by molar-refractivity contribution is -0.148. The van der Waals surface area contributed by atoms with Crippen molar-refractivity contribution in [2.45, 2.75) is 143 Å². The molecule has 56 heavy (non-hydrogen) atoms. The number of unbranched alkanes of at least 4 members (excludes halogenated alkanes) is 1. The van der Waals surface area contributed by atoms with Gasteiger partial charge in [-0.05, 0) is 62.6 Å². The summed E-state index contributed by atoms with van der Waals surface area (Å²) in [6, 6.07) is 7.26. The van der Waals surface area contributed by atoms with Gasteiger partial charge in [0.15, 0.2) is 0 Å². The zero-order valence-electron chi connectivity index (χ0n) is 36.5. The Bertz CT molecular complexity index is 1390. The van der Waals surface area contributed by atoms with Gasteiger partial charge in [-0.25, -0.2) is 0 Å². The number of ether oxygens (including phenoxy) is 2. The number of nitrogens with zero attached hydrogens (tertiary/aromatic N) is 3. The summed E-state index contributed by atoms with van der Waals surface area (Å²) >= 11 is 0. The van der Waals surface area contributed by atoms with Crippen LogP contribution in [0.3, 0.4) is 0 Å². The third-order valence-electron chi connectivity index (χ3n) is 11.9. The Morgan fingerprint density at radius 3 is 2.09 bits per heavy atom. The van der Waals surface area contributed by atoms with E-state index in [0.29, 0.717) is 13.0 Å². The van der Waals surface area contributed by atoms with Gasteiger partial charge < -0.3 is 29.7 Å². The number of methoxy groups -OCH3 is 2. The number of ketones is 1. The average molecular weight is 787 g/mol. The fraction of sp³-hybridized carbons (Fsp3) is 0.750. The summed E-state index contributed by atoms with van der Waals surface area (Å²) in [5, 5.41) is 13.1. The van der Waals surface area contributed by atoms with Crippen LogP contribution in [0.5, 0.6) is 0 Å². The van der Waals surface area contributed by atoms with Crippen LogP contribution in [0, 0.1) is 29.6 Å². The molecule has 318 valence electrons. The molecule has 2 N–H and O–H groups in total. The first kappa shape index (κ1) is 48.8. The van der Waals surface area contributed by atoms with Crippen LogP contribution in [0.25, 0.3) is 0 Å². The number of amides is 3. The lowest BCUT2D eigenvalue weighted by Crippen LogP contribution is -2.60. The van der Waals surface area contributed by atoms with E-state index in [1.54, 1.807) is 30.9 Å². The van der Waals surface area contributed by atoms with Crippen LogP contribution in [0.1, 0.15) is 106 Å². The number of rotatable bonds is 25. The molecule has 12 heteroatoms. The number of aliphatic carboxylic acids is 1. The fourth-order valence-electron chi connectivity index (χ4n) is 8.44. The molecular weight excluding hydrogens is 713 g/mol. The second-order valence-electron chi connectivity index (χ2n) is 16.7. The highest BCUT2D eigenvalue weighted by molar-refractivity contribution is 5.90. The van der Waals surface area contributed by atoms with Crippen LogP contribution in [0.15, 0.2) is 30.3 Å². The smallest absolute Gasteiger partial charge is 0.307 e. The monoisotopic (exact) mass is 787 g/mol. The molecule has 1 aromatic carbocycles. The zero-order valence-corrected chi connectivity index (χ0v) is 36.5. The number of hydrogen-bond donors (Lipinski definition) is 2. The maximum atomic E-state index is 14.4. The number of carboxylic acids is 1. The summed E-state index contributed by atoms with van der Waals surface area (Å²) in [4.78, 5) is 73.7. The van der Waals surface area contributed by atoms with E-state index in [0.717, 1.165) is 37.8 Å². The van der Waals surface area contributed by atoms with Gasteiger partial charge in [0.25, 0.3) is 0 Å². The number of nitrogens with one attached hydrogen (secondary N) is 1. The zero-order chi connectivity index (χ0) is 42.3. The van der Waals surface area contributed by atoms with Gasteiger partial charge in [-0.3, -0.25) is 28.9 Å². The molecule has 0 spiro atoms. The minimum Gasteiger partial charge on any atom is -0.481 e. The molecule has 1 saturated heterocycles. The van der Waals surface area contributed by atoms with E-state index >= 15 is 0 Å². The SMILES string of the molecule is CCCCN(C)[C@H](C(=O)N[C@H](C(=O)N(C)[C@@H]([C@@H](C)CC)[C@@H](CC(=O)N1CCC[C@H]1[C@H](OC)[C@@H](C)C(=O)C[C@@H](Cc1ccccc1)C(=O)O)OC)C(C)C)C(C)C. The van der Waals surface area contributed by atoms with E-state index < -0.39 is 42.1 Å². The van der Waals surface area contributed by atoms with Crippen LogP contribution in [-0.4, -0.2) is 127 Å². The second-order valence-corrected chi connectivity index (χ2v) is 16.7. The van der Waals surface area contributed by atoms with Crippen molar-refractivity contribution in [3.05, 3.63) is 35.9 Å². The van der Waals surface area contributed by atoms with E-state index in [1.807, 2.05) is 78.9 Å². The molecule has 9 atom stereocenters. The molecule has 1 heterocycles. The highest BCUT2D eigenvalue weighted by Crippen LogP contribution is 2.31. The minimum atomic E-state index is -1.03. The van der Waals surface area contributed by atoms with Gasteiger partial charge in [-0.2, -0.15) is 0 Å². The molecule has 0 radical (unpaired) electrons. The molecule has 2 rings (SSSR count). The quantitative estimate of drug-likeness (QED) is 0.127. The summed E-state index contributed by atoms with van der Waals surface area (Å²) in [7, 11) is 6.78. The van der Waals surface area contributed by atoms with Crippen molar-refractivity contribution in [3.8, 4) is 0 Å². The van der Waals surface area contributed by atoms with Gasteiger partial charge in [-0.15, -0.1) is 0 Å². The van der Waals surface area contributed by atoms with Crippen LogP contribution >= 0.6 is 0 Å². The molecule has 1 fully saturated rings. The second kappa shape index (κ2) is 23.8. The summed E-state index contributed by atoms with van der Waals surface area (Å²) in [5.74, 6) is -3.51.